The predicted molar refractivity (Wildman–Crippen MR) is 118 cm³/mol. The highest BCUT2D eigenvalue weighted by Crippen LogP contribution is 2.30. The van der Waals surface area contributed by atoms with Crippen molar-refractivity contribution in [2.24, 2.45) is 0 Å². The van der Waals surface area contributed by atoms with Gasteiger partial charge in [-0.25, -0.2) is 8.42 Å². The van der Waals surface area contributed by atoms with Gasteiger partial charge in [0.25, 0.3) is 15.9 Å². The molecule has 6 nitrogen and oxygen atoms in total. The van der Waals surface area contributed by atoms with Gasteiger partial charge >= 0.3 is 0 Å². The summed E-state index contributed by atoms with van der Waals surface area (Å²) in [5.41, 5.74) is 1.70. The van der Waals surface area contributed by atoms with Crippen molar-refractivity contribution < 1.29 is 17.9 Å². The van der Waals surface area contributed by atoms with Gasteiger partial charge in [-0.15, -0.1) is 11.3 Å². The predicted octanol–water partition coefficient (Wildman–Crippen LogP) is 4.41. The number of amides is 1. The van der Waals surface area contributed by atoms with Crippen molar-refractivity contribution in [3.8, 4) is 5.75 Å². The summed E-state index contributed by atoms with van der Waals surface area (Å²) < 4.78 is 33.5. The third kappa shape index (κ3) is 4.16. The molecule has 1 N–H and O–H groups in total. The average molecular weight is 463 g/mol. The molecule has 0 fully saturated rings. The van der Waals surface area contributed by atoms with Crippen molar-refractivity contribution in [1.29, 1.82) is 0 Å². The van der Waals surface area contributed by atoms with Gasteiger partial charge in [-0.3, -0.25) is 9.52 Å². The second-order valence-electron chi connectivity index (χ2n) is 6.82. The average Bonchev–Trinajstić information content (AvgIpc) is 3.21. The van der Waals surface area contributed by atoms with Crippen LogP contribution in [0.3, 0.4) is 0 Å². The lowest BCUT2D eigenvalue weighted by atomic mass is 10.1. The van der Waals surface area contributed by atoms with Crippen LogP contribution in [-0.2, 0) is 23.0 Å². The van der Waals surface area contributed by atoms with Crippen molar-refractivity contribution in [2.75, 3.05) is 18.4 Å². The first-order chi connectivity index (χ1) is 14.4. The van der Waals surface area contributed by atoms with Crippen LogP contribution in [0.2, 0.25) is 5.02 Å². The second-order valence-corrected chi connectivity index (χ2v) is 9.94. The molecule has 0 saturated heterocycles. The number of hydrogen-bond donors (Lipinski definition) is 1. The maximum Gasteiger partial charge on any atom is 0.262 e. The number of rotatable bonds is 5. The van der Waals surface area contributed by atoms with Crippen LogP contribution in [0.5, 0.6) is 5.75 Å². The van der Waals surface area contributed by atoms with E-state index < -0.39 is 10.0 Å². The molecule has 4 rings (SSSR count). The molecule has 1 aliphatic rings. The Balaban J connectivity index is 1.58. The van der Waals surface area contributed by atoms with Crippen LogP contribution in [0, 0.1) is 0 Å². The largest absolute Gasteiger partial charge is 0.495 e. The SMILES string of the molecule is COc1ccc(Cl)cc1NS(=O)(=O)c1cccc(C(=O)N2CCc3sccc3C2)c1. The highest BCUT2D eigenvalue weighted by molar-refractivity contribution is 7.92. The Labute approximate surface area is 184 Å². The van der Waals surface area contributed by atoms with Gasteiger partial charge in [0.2, 0.25) is 0 Å². The van der Waals surface area contributed by atoms with Gasteiger partial charge in [0.05, 0.1) is 17.7 Å². The zero-order valence-corrected chi connectivity index (χ0v) is 18.5. The van der Waals surface area contributed by atoms with Crippen LogP contribution in [0.25, 0.3) is 0 Å². The molecule has 0 saturated carbocycles. The molecule has 156 valence electrons. The van der Waals surface area contributed by atoms with Gasteiger partial charge in [0, 0.05) is 28.6 Å². The van der Waals surface area contributed by atoms with E-state index in [-0.39, 0.29) is 16.5 Å². The Morgan fingerprint density at radius 2 is 2.03 bits per heavy atom. The zero-order chi connectivity index (χ0) is 21.3. The standard InChI is InChI=1S/C21H19ClN2O4S2/c1-28-19-6-5-16(22)12-18(19)23-30(26,27)17-4-2-3-14(11-17)21(25)24-9-7-20-15(13-24)8-10-29-20/h2-6,8,10-12,23H,7,9,13H2,1H3. The van der Waals surface area contributed by atoms with Gasteiger partial charge in [-0.2, -0.15) is 0 Å². The summed E-state index contributed by atoms with van der Waals surface area (Å²) in [4.78, 5) is 16.0. The lowest BCUT2D eigenvalue weighted by molar-refractivity contribution is 0.0735. The molecule has 9 heteroatoms. The highest BCUT2D eigenvalue weighted by Gasteiger charge is 2.24. The van der Waals surface area contributed by atoms with Crippen LogP contribution >= 0.6 is 22.9 Å². The molecule has 0 spiro atoms. The number of sulfonamides is 1. The summed E-state index contributed by atoms with van der Waals surface area (Å²) in [6, 6.07) is 12.7. The first kappa shape index (κ1) is 20.7. The van der Waals surface area contributed by atoms with Crippen LogP contribution < -0.4 is 9.46 Å². The van der Waals surface area contributed by atoms with Crippen molar-refractivity contribution in [3.63, 3.8) is 0 Å². The van der Waals surface area contributed by atoms with E-state index in [1.54, 1.807) is 40.5 Å². The number of carbonyl (C=O) groups is 1. The van der Waals surface area contributed by atoms with Crippen LogP contribution in [-0.4, -0.2) is 32.9 Å². The van der Waals surface area contributed by atoms with E-state index in [0.29, 0.717) is 29.4 Å². The Kier molecular flexibility index (Phi) is 5.73. The fourth-order valence-electron chi connectivity index (χ4n) is 3.36. The molecule has 1 amide bonds. The number of carbonyl (C=O) groups excluding carboxylic acids is 1. The summed E-state index contributed by atoms with van der Waals surface area (Å²) in [6.45, 7) is 1.15. The van der Waals surface area contributed by atoms with E-state index in [0.717, 1.165) is 12.0 Å². The van der Waals surface area contributed by atoms with Crippen molar-refractivity contribution >= 4 is 44.6 Å². The van der Waals surface area contributed by atoms with E-state index in [1.807, 2.05) is 11.4 Å². The van der Waals surface area contributed by atoms with Crippen molar-refractivity contribution in [2.45, 2.75) is 17.9 Å². The number of fused-ring (bicyclic) bond motifs is 1. The van der Waals surface area contributed by atoms with Crippen LogP contribution in [0.4, 0.5) is 5.69 Å². The molecule has 3 aromatic rings. The number of halogens is 1. The third-order valence-electron chi connectivity index (χ3n) is 4.89. The summed E-state index contributed by atoms with van der Waals surface area (Å²) in [6.07, 6.45) is 0.812. The lowest BCUT2D eigenvalue weighted by Gasteiger charge is -2.27. The summed E-state index contributed by atoms with van der Waals surface area (Å²) >= 11 is 7.69. The van der Waals surface area contributed by atoms with E-state index in [9.17, 15) is 13.2 Å². The fraction of sp³-hybridized carbons (Fsp3) is 0.190. The van der Waals surface area contributed by atoms with Gasteiger partial charge in [0.1, 0.15) is 5.75 Å². The quantitative estimate of drug-likeness (QED) is 0.609. The number of nitrogens with one attached hydrogen (secondary N) is 1. The van der Waals surface area contributed by atoms with Crippen molar-refractivity contribution in [1.82, 2.24) is 4.90 Å². The summed E-state index contributed by atoms with van der Waals surface area (Å²) in [7, 11) is -2.50. The molecule has 0 bridgehead atoms. The number of benzene rings is 2. The molecule has 0 unspecified atom stereocenters. The number of nitrogens with zero attached hydrogens (tertiary/aromatic N) is 1. The lowest BCUT2D eigenvalue weighted by Crippen LogP contribution is -2.35. The maximum absolute atomic E-state index is 13.0. The van der Waals surface area contributed by atoms with E-state index in [2.05, 4.69) is 4.72 Å². The molecule has 0 radical (unpaired) electrons. The van der Waals surface area contributed by atoms with E-state index in [4.69, 9.17) is 16.3 Å². The molecule has 1 aromatic heterocycles. The molecule has 1 aliphatic heterocycles. The number of ether oxygens (including phenoxy) is 1. The highest BCUT2D eigenvalue weighted by atomic mass is 35.5. The first-order valence-electron chi connectivity index (χ1n) is 9.18. The van der Waals surface area contributed by atoms with Gasteiger partial charge in [-0.05, 0) is 59.8 Å². The summed E-state index contributed by atoms with van der Waals surface area (Å²) in [5, 5.41) is 2.40. The van der Waals surface area contributed by atoms with E-state index in [1.165, 1.54) is 30.2 Å². The second kappa shape index (κ2) is 8.29. The molecular formula is C21H19ClN2O4S2. The summed E-state index contributed by atoms with van der Waals surface area (Å²) in [5.74, 6) is 0.152. The van der Waals surface area contributed by atoms with Crippen molar-refractivity contribution in [3.05, 3.63) is 74.9 Å². The molecule has 0 aliphatic carbocycles. The molecular weight excluding hydrogens is 444 g/mol. The minimum atomic E-state index is -3.95. The molecule has 30 heavy (non-hydrogen) atoms. The minimum Gasteiger partial charge on any atom is -0.495 e. The van der Waals surface area contributed by atoms with Gasteiger partial charge in [-0.1, -0.05) is 17.7 Å². The number of thiophene rings is 1. The number of anilines is 1. The maximum atomic E-state index is 13.0. The topological polar surface area (TPSA) is 75.7 Å². The number of methoxy groups -OCH3 is 1. The normalized spacial score (nSPS) is 13.6. The third-order valence-corrected chi connectivity index (χ3v) is 7.51. The van der Waals surface area contributed by atoms with Crippen LogP contribution in [0.1, 0.15) is 20.8 Å². The smallest absolute Gasteiger partial charge is 0.262 e. The minimum absolute atomic E-state index is 0.0105. The fourth-order valence-corrected chi connectivity index (χ4v) is 5.53. The Bertz CT molecular complexity index is 1210. The van der Waals surface area contributed by atoms with Gasteiger partial charge in [0.15, 0.2) is 0 Å². The van der Waals surface area contributed by atoms with E-state index >= 15 is 0 Å². The zero-order valence-electron chi connectivity index (χ0n) is 16.1. The molecule has 0 atom stereocenters. The Morgan fingerprint density at radius 1 is 1.20 bits per heavy atom. The Morgan fingerprint density at radius 3 is 2.83 bits per heavy atom. The molecule has 2 heterocycles. The Hall–Kier alpha value is -2.55. The monoisotopic (exact) mass is 462 g/mol. The van der Waals surface area contributed by atoms with Crippen LogP contribution in [0.15, 0.2) is 58.8 Å². The van der Waals surface area contributed by atoms with Gasteiger partial charge < -0.3 is 9.64 Å². The first-order valence-corrected chi connectivity index (χ1v) is 11.9. The number of hydrogen-bond acceptors (Lipinski definition) is 5. The molecule has 2 aromatic carbocycles.